The standard InChI is InChI=1S/C14H16FN3O3/c1-17(2)13(19)12-8-18(5-6-20-12)14-16-10-4-3-9(15)7-11(10)21-14/h3-4,7,12H,5-6,8H2,1-2H3. The van der Waals surface area contributed by atoms with Crippen LogP contribution in [-0.4, -0.2) is 55.7 Å². The largest absolute Gasteiger partial charge is 0.423 e. The lowest BCUT2D eigenvalue weighted by molar-refractivity contribution is -0.141. The Bertz CT molecular complexity index is 671. The number of oxazole rings is 1. The molecule has 1 saturated heterocycles. The van der Waals surface area contributed by atoms with Gasteiger partial charge in [-0.25, -0.2) is 4.39 Å². The first-order chi connectivity index (χ1) is 10.0. The molecule has 1 aromatic heterocycles. The smallest absolute Gasteiger partial charge is 0.298 e. The van der Waals surface area contributed by atoms with Crippen LogP contribution in [0.2, 0.25) is 0 Å². The monoisotopic (exact) mass is 293 g/mol. The zero-order chi connectivity index (χ0) is 15.0. The maximum Gasteiger partial charge on any atom is 0.298 e. The van der Waals surface area contributed by atoms with Crippen molar-refractivity contribution in [3.63, 3.8) is 0 Å². The molecule has 21 heavy (non-hydrogen) atoms. The summed E-state index contributed by atoms with van der Waals surface area (Å²) in [5.74, 6) is -0.463. The maximum atomic E-state index is 13.2. The van der Waals surface area contributed by atoms with Gasteiger partial charge in [0.1, 0.15) is 11.3 Å². The first-order valence-corrected chi connectivity index (χ1v) is 6.68. The van der Waals surface area contributed by atoms with Crippen LogP contribution in [0.25, 0.3) is 11.1 Å². The molecule has 1 aliphatic heterocycles. The van der Waals surface area contributed by atoms with Gasteiger partial charge in [0.2, 0.25) is 0 Å². The van der Waals surface area contributed by atoms with E-state index in [4.69, 9.17) is 9.15 Å². The highest BCUT2D eigenvalue weighted by molar-refractivity contribution is 5.81. The molecule has 1 atom stereocenters. The van der Waals surface area contributed by atoms with Crippen LogP contribution in [0.5, 0.6) is 0 Å². The van der Waals surface area contributed by atoms with Crippen LogP contribution in [0, 0.1) is 5.82 Å². The molecule has 0 bridgehead atoms. The number of likely N-dealkylation sites (N-methyl/N-ethyl adjacent to an activating group) is 1. The van der Waals surface area contributed by atoms with Gasteiger partial charge in [-0.05, 0) is 12.1 Å². The van der Waals surface area contributed by atoms with E-state index in [-0.39, 0.29) is 11.7 Å². The van der Waals surface area contributed by atoms with Crippen molar-refractivity contribution in [1.82, 2.24) is 9.88 Å². The van der Waals surface area contributed by atoms with Crippen molar-refractivity contribution in [2.24, 2.45) is 0 Å². The van der Waals surface area contributed by atoms with E-state index in [2.05, 4.69) is 4.98 Å². The average Bonchev–Trinajstić information content (AvgIpc) is 2.89. The maximum absolute atomic E-state index is 13.2. The minimum absolute atomic E-state index is 0.0955. The molecule has 2 heterocycles. The van der Waals surface area contributed by atoms with E-state index in [1.807, 2.05) is 4.90 Å². The van der Waals surface area contributed by atoms with Crippen molar-refractivity contribution in [2.75, 3.05) is 38.7 Å². The molecule has 1 fully saturated rings. The Hall–Kier alpha value is -2.15. The number of halogens is 1. The number of ether oxygens (including phenoxy) is 1. The quantitative estimate of drug-likeness (QED) is 0.834. The summed E-state index contributed by atoms with van der Waals surface area (Å²) in [4.78, 5) is 19.6. The number of aromatic nitrogens is 1. The van der Waals surface area contributed by atoms with Gasteiger partial charge < -0.3 is 19.0 Å². The lowest BCUT2D eigenvalue weighted by atomic mass is 10.2. The Balaban J connectivity index is 1.83. The fraction of sp³-hybridized carbons (Fsp3) is 0.429. The molecule has 0 saturated carbocycles. The predicted molar refractivity (Wildman–Crippen MR) is 74.6 cm³/mol. The van der Waals surface area contributed by atoms with Gasteiger partial charge in [-0.2, -0.15) is 4.98 Å². The Kier molecular flexibility index (Phi) is 3.50. The normalized spacial score (nSPS) is 19.0. The van der Waals surface area contributed by atoms with Crippen LogP contribution in [0.1, 0.15) is 0 Å². The van der Waals surface area contributed by atoms with E-state index in [1.54, 1.807) is 20.2 Å². The van der Waals surface area contributed by atoms with Gasteiger partial charge in [0.05, 0.1) is 13.2 Å². The van der Waals surface area contributed by atoms with Crippen LogP contribution in [0.3, 0.4) is 0 Å². The molecule has 112 valence electrons. The first-order valence-electron chi connectivity index (χ1n) is 6.68. The number of rotatable bonds is 2. The third kappa shape index (κ3) is 2.69. The summed E-state index contributed by atoms with van der Waals surface area (Å²) < 4.78 is 24.2. The number of carbonyl (C=O) groups excluding carboxylic acids is 1. The van der Waals surface area contributed by atoms with Gasteiger partial charge in [-0.15, -0.1) is 0 Å². The van der Waals surface area contributed by atoms with Crippen LogP contribution >= 0.6 is 0 Å². The van der Waals surface area contributed by atoms with Gasteiger partial charge in [0, 0.05) is 26.7 Å². The van der Waals surface area contributed by atoms with E-state index in [9.17, 15) is 9.18 Å². The summed E-state index contributed by atoms with van der Waals surface area (Å²) in [7, 11) is 3.37. The summed E-state index contributed by atoms with van der Waals surface area (Å²) in [6.07, 6.45) is -0.541. The molecule has 1 aromatic carbocycles. The van der Waals surface area contributed by atoms with Crippen molar-refractivity contribution in [2.45, 2.75) is 6.10 Å². The van der Waals surface area contributed by atoms with Crippen molar-refractivity contribution in [1.29, 1.82) is 0 Å². The molecule has 0 N–H and O–H groups in total. The zero-order valence-corrected chi connectivity index (χ0v) is 11.9. The number of nitrogens with zero attached hydrogens (tertiary/aromatic N) is 3. The lowest BCUT2D eigenvalue weighted by Crippen LogP contribution is -2.49. The average molecular weight is 293 g/mol. The van der Waals surface area contributed by atoms with Crippen LogP contribution < -0.4 is 4.90 Å². The zero-order valence-electron chi connectivity index (χ0n) is 11.9. The highest BCUT2D eigenvalue weighted by atomic mass is 19.1. The minimum atomic E-state index is -0.541. The molecule has 3 rings (SSSR count). The topological polar surface area (TPSA) is 58.8 Å². The molecule has 1 amide bonds. The molecule has 0 radical (unpaired) electrons. The van der Waals surface area contributed by atoms with Gasteiger partial charge in [0.25, 0.3) is 11.9 Å². The molecule has 1 unspecified atom stereocenters. The summed E-state index contributed by atoms with van der Waals surface area (Å²) in [6, 6.07) is 4.59. The van der Waals surface area contributed by atoms with Gasteiger partial charge >= 0.3 is 0 Å². The summed E-state index contributed by atoms with van der Waals surface area (Å²) in [5.41, 5.74) is 0.986. The van der Waals surface area contributed by atoms with Crippen LogP contribution in [0.4, 0.5) is 10.4 Å². The Morgan fingerprint density at radius 2 is 2.29 bits per heavy atom. The fourth-order valence-electron chi connectivity index (χ4n) is 2.28. The van der Waals surface area contributed by atoms with Crippen molar-refractivity contribution >= 4 is 23.0 Å². The van der Waals surface area contributed by atoms with Gasteiger partial charge in [-0.3, -0.25) is 4.79 Å². The highest BCUT2D eigenvalue weighted by Gasteiger charge is 2.30. The van der Waals surface area contributed by atoms with Crippen LogP contribution in [-0.2, 0) is 9.53 Å². The second kappa shape index (κ2) is 5.33. The molecule has 1 aliphatic rings. The van der Waals surface area contributed by atoms with E-state index >= 15 is 0 Å². The summed E-state index contributed by atoms with van der Waals surface area (Å²) in [6.45, 7) is 1.36. The lowest BCUT2D eigenvalue weighted by Gasteiger charge is -2.32. The fourth-order valence-corrected chi connectivity index (χ4v) is 2.28. The number of amides is 1. The number of morpholine rings is 1. The Morgan fingerprint density at radius 3 is 3.05 bits per heavy atom. The molecular weight excluding hydrogens is 277 g/mol. The Morgan fingerprint density at radius 1 is 1.48 bits per heavy atom. The third-order valence-corrected chi connectivity index (χ3v) is 3.39. The first kappa shape index (κ1) is 13.8. The minimum Gasteiger partial charge on any atom is -0.423 e. The second-order valence-electron chi connectivity index (χ2n) is 5.15. The molecule has 0 spiro atoms. The van der Waals surface area contributed by atoms with E-state index in [0.717, 1.165) is 0 Å². The SMILES string of the molecule is CN(C)C(=O)C1CN(c2nc3ccc(F)cc3o2)CCO1. The number of anilines is 1. The summed E-state index contributed by atoms with van der Waals surface area (Å²) >= 11 is 0. The number of carbonyl (C=O) groups is 1. The van der Waals surface area contributed by atoms with Crippen molar-refractivity contribution in [3.05, 3.63) is 24.0 Å². The Labute approximate surface area is 121 Å². The van der Waals surface area contributed by atoms with E-state index in [1.165, 1.54) is 17.0 Å². The molecule has 2 aromatic rings. The van der Waals surface area contributed by atoms with Gasteiger partial charge in [0.15, 0.2) is 11.7 Å². The summed E-state index contributed by atoms with van der Waals surface area (Å²) in [5, 5.41) is 0. The van der Waals surface area contributed by atoms with E-state index in [0.29, 0.717) is 36.8 Å². The number of hydrogen-bond acceptors (Lipinski definition) is 5. The van der Waals surface area contributed by atoms with E-state index < -0.39 is 6.10 Å². The third-order valence-electron chi connectivity index (χ3n) is 3.39. The number of fused-ring (bicyclic) bond motifs is 1. The van der Waals surface area contributed by atoms with Crippen molar-refractivity contribution < 1.29 is 18.3 Å². The van der Waals surface area contributed by atoms with Crippen LogP contribution in [0.15, 0.2) is 22.6 Å². The number of hydrogen-bond donors (Lipinski definition) is 0. The number of benzene rings is 1. The highest BCUT2D eigenvalue weighted by Crippen LogP contribution is 2.24. The predicted octanol–water partition coefficient (Wildman–Crippen LogP) is 1.26. The molecular formula is C14H16FN3O3. The molecule has 6 nitrogen and oxygen atoms in total. The molecule has 0 aliphatic carbocycles. The van der Waals surface area contributed by atoms with Gasteiger partial charge in [-0.1, -0.05) is 0 Å². The van der Waals surface area contributed by atoms with Crippen molar-refractivity contribution in [3.8, 4) is 0 Å². The molecule has 7 heteroatoms. The second-order valence-corrected chi connectivity index (χ2v) is 5.15.